The summed E-state index contributed by atoms with van der Waals surface area (Å²) in [7, 11) is 0. The molecule has 3 unspecified atom stereocenters. The molecule has 1 aromatic carbocycles. The van der Waals surface area contributed by atoms with Crippen molar-refractivity contribution in [2.75, 3.05) is 19.7 Å². The highest BCUT2D eigenvalue weighted by Gasteiger charge is 2.33. The van der Waals surface area contributed by atoms with Gasteiger partial charge in [-0.2, -0.15) is 5.10 Å². The van der Waals surface area contributed by atoms with E-state index in [0.29, 0.717) is 51.1 Å². The summed E-state index contributed by atoms with van der Waals surface area (Å²) in [6.45, 7) is 1.48. The lowest BCUT2D eigenvalue weighted by atomic mass is 9.92. The number of nitrogens with zero attached hydrogens (tertiary/aromatic N) is 3. The number of hydrogen-bond donors (Lipinski definition) is 4. The zero-order valence-electron chi connectivity index (χ0n) is 19.3. The summed E-state index contributed by atoms with van der Waals surface area (Å²) in [6, 6.07) is 5.69. The molecule has 2 aliphatic heterocycles. The van der Waals surface area contributed by atoms with Gasteiger partial charge in [-0.3, -0.25) is 14.2 Å². The van der Waals surface area contributed by atoms with Crippen molar-refractivity contribution < 1.29 is 14.7 Å². The number of nitrogens with one attached hydrogen (secondary N) is 3. The number of carbonyl (C=O) groups is 2. The van der Waals surface area contributed by atoms with Crippen LogP contribution >= 0.6 is 15.9 Å². The quantitative estimate of drug-likeness (QED) is 0.384. The summed E-state index contributed by atoms with van der Waals surface area (Å²) in [5.41, 5.74) is 1.68. The molecule has 0 bridgehead atoms. The molecular weight excluding hydrogens is 516 g/mol. The van der Waals surface area contributed by atoms with Crippen molar-refractivity contribution in [3.8, 4) is 0 Å². The van der Waals surface area contributed by atoms with Gasteiger partial charge in [-0.15, -0.1) is 0 Å². The number of aliphatic hydroxyl groups is 1. The third-order valence-electron chi connectivity index (χ3n) is 7.38. The topological polar surface area (TPSA) is 136 Å². The molecule has 35 heavy (non-hydrogen) atoms. The fraction of sp³-hybridized carbons (Fsp3) is 0.500. The number of aromatic nitrogens is 4. The second kappa shape index (κ2) is 9.98. The number of aliphatic hydroxyl groups excluding tert-OH is 1. The summed E-state index contributed by atoms with van der Waals surface area (Å²) in [5, 5.41) is 20.6. The number of fused-ring (bicyclic) bond motifs is 2. The first-order valence-corrected chi connectivity index (χ1v) is 12.8. The molecule has 2 aliphatic rings. The van der Waals surface area contributed by atoms with Gasteiger partial charge >= 0.3 is 5.69 Å². The molecule has 186 valence electrons. The molecule has 4 heterocycles. The highest BCUT2D eigenvalue weighted by atomic mass is 79.9. The minimum atomic E-state index is -0.265. The molecule has 10 nitrogen and oxygen atoms in total. The largest absolute Gasteiger partial charge is 0.396 e. The lowest BCUT2D eigenvalue weighted by Crippen LogP contribution is -2.46. The predicted molar refractivity (Wildman–Crippen MR) is 133 cm³/mol. The summed E-state index contributed by atoms with van der Waals surface area (Å²) < 4.78 is 2.52. The van der Waals surface area contributed by atoms with Gasteiger partial charge in [0, 0.05) is 72.1 Å². The predicted octanol–water partition coefficient (Wildman–Crippen LogP) is 1.34. The smallest absolute Gasteiger partial charge is 0.343 e. The van der Waals surface area contributed by atoms with Gasteiger partial charge in [0.2, 0.25) is 11.8 Å². The first-order chi connectivity index (χ1) is 16.9. The number of H-pyrrole nitrogens is 2. The molecular formula is C24H29BrN6O4. The lowest BCUT2D eigenvalue weighted by molar-refractivity contribution is -0.130. The molecule has 11 heteroatoms. The number of likely N-dealkylation sites (tertiary alicyclic amines) is 1. The molecule has 4 N–H and O–H groups in total. The van der Waals surface area contributed by atoms with Crippen molar-refractivity contribution in [1.29, 1.82) is 0 Å². The first kappa shape index (κ1) is 23.8. The van der Waals surface area contributed by atoms with Crippen LogP contribution in [0.3, 0.4) is 0 Å². The molecule has 0 radical (unpaired) electrons. The zero-order valence-corrected chi connectivity index (χ0v) is 20.9. The summed E-state index contributed by atoms with van der Waals surface area (Å²) >= 11 is 3.58. The van der Waals surface area contributed by atoms with Gasteiger partial charge in [-0.25, -0.2) is 9.89 Å². The molecule has 0 spiro atoms. The maximum absolute atomic E-state index is 13.2. The number of halogens is 1. The van der Waals surface area contributed by atoms with Gasteiger partial charge in [0.25, 0.3) is 0 Å². The maximum atomic E-state index is 13.2. The van der Waals surface area contributed by atoms with Crippen LogP contribution in [0.4, 0.5) is 0 Å². The fourth-order valence-corrected chi connectivity index (χ4v) is 5.93. The molecule has 1 saturated heterocycles. The average Bonchev–Trinajstić information content (AvgIpc) is 3.37. The van der Waals surface area contributed by atoms with E-state index in [0.717, 1.165) is 20.9 Å². The van der Waals surface area contributed by atoms with E-state index in [2.05, 4.69) is 36.4 Å². The Morgan fingerprint density at radius 1 is 1.20 bits per heavy atom. The van der Waals surface area contributed by atoms with Crippen LogP contribution in [-0.4, -0.2) is 67.3 Å². The SMILES string of the molecule is O=C(NC1CCN(C(=O)Cc2c[nH]c3cccc(Br)c23)CCC1CO)C1CCn2c(n[nH]c2=O)C1. The van der Waals surface area contributed by atoms with Gasteiger partial charge in [0.1, 0.15) is 5.82 Å². The minimum absolute atomic E-state index is 0.0362. The fourth-order valence-electron chi connectivity index (χ4n) is 5.31. The Balaban J connectivity index is 1.22. The van der Waals surface area contributed by atoms with E-state index in [1.807, 2.05) is 29.3 Å². The Kier molecular flexibility index (Phi) is 6.79. The van der Waals surface area contributed by atoms with E-state index in [9.17, 15) is 19.5 Å². The normalized spacial score (nSPS) is 22.6. The van der Waals surface area contributed by atoms with E-state index in [-0.39, 0.29) is 48.4 Å². The van der Waals surface area contributed by atoms with Crippen LogP contribution in [0.2, 0.25) is 0 Å². The Morgan fingerprint density at radius 2 is 2.03 bits per heavy atom. The van der Waals surface area contributed by atoms with Crippen molar-refractivity contribution in [2.45, 2.75) is 44.7 Å². The van der Waals surface area contributed by atoms with Gasteiger partial charge in [0.05, 0.1) is 6.42 Å². The van der Waals surface area contributed by atoms with Crippen LogP contribution in [0.5, 0.6) is 0 Å². The number of rotatable bonds is 5. The molecule has 2 amide bonds. The second-order valence-corrected chi connectivity index (χ2v) is 10.3. The Hall–Kier alpha value is -2.92. The first-order valence-electron chi connectivity index (χ1n) is 12.0. The monoisotopic (exact) mass is 544 g/mol. The van der Waals surface area contributed by atoms with Crippen molar-refractivity contribution in [3.05, 3.63) is 50.7 Å². The highest BCUT2D eigenvalue weighted by Crippen LogP contribution is 2.28. The highest BCUT2D eigenvalue weighted by molar-refractivity contribution is 9.10. The standard InChI is InChI=1S/C24H29BrN6O4/c25-17-2-1-3-19-22(17)16(12-26-19)11-21(33)30-7-4-15(13-32)18(6-8-30)27-23(34)14-5-9-31-20(10-14)28-29-24(31)35/h1-3,12,14-15,18,26,32H,4-11,13H2,(H,27,34)(H,29,35). The third-order valence-corrected chi connectivity index (χ3v) is 8.04. The van der Waals surface area contributed by atoms with Crippen LogP contribution in [0, 0.1) is 11.8 Å². The van der Waals surface area contributed by atoms with Gasteiger partial charge in [-0.05, 0) is 37.0 Å². The molecule has 3 atom stereocenters. The maximum Gasteiger partial charge on any atom is 0.343 e. The second-order valence-electron chi connectivity index (χ2n) is 9.46. The molecule has 2 aromatic heterocycles. The van der Waals surface area contributed by atoms with E-state index in [1.54, 1.807) is 4.57 Å². The van der Waals surface area contributed by atoms with Gasteiger partial charge in [0.15, 0.2) is 0 Å². The molecule has 3 aromatic rings. The van der Waals surface area contributed by atoms with Crippen LogP contribution in [-0.2, 0) is 29.0 Å². The van der Waals surface area contributed by atoms with Crippen LogP contribution in [0.1, 0.15) is 30.7 Å². The summed E-state index contributed by atoms with van der Waals surface area (Å²) in [6.07, 6.45) is 4.35. The summed E-state index contributed by atoms with van der Waals surface area (Å²) in [4.78, 5) is 43.0. The Bertz CT molecular complexity index is 1300. The zero-order chi connectivity index (χ0) is 24.5. The Morgan fingerprint density at radius 3 is 2.86 bits per heavy atom. The number of hydrogen-bond acceptors (Lipinski definition) is 5. The van der Waals surface area contributed by atoms with E-state index in [1.165, 1.54) is 0 Å². The molecule has 5 rings (SSSR count). The molecule has 1 fully saturated rings. The van der Waals surface area contributed by atoms with Crippen LogP contribution < -0.4 is 11.0 Å². The van der Waals surface area contributed by atoms with Crippen molar-refractivity contribution in [2.24, 2.45) is 11.8 Å². The number of aromatic amines is 2. The van der Waals surface area contributed by atoms with Gasteiger partial charge in [-0.1, -0.05) is 22.0 Å². The summed E-state index contributed by atoms with van der Waals surface area (Å²) in [5.74, 6) is 0.166. The number of amides is 2. The van der Waals surface area contributed by atoms with Crippen molar-refractivity contribution >= 4 is 38.6 Å². The third kappa shape index (κ3) is 4.79. The van der Waals surface area contributed by atoms with Crippen molar-refractivity contribution in [3.63, 3.8) is 0 Å². The van der Waals surface area contributed by atoms with Gasteiger partial charge < -0.3 is 20.3 Å². The van der Waals surface area contributed by atoms with Crippen LogP contribution in [0.15, 0.2) is 33.7 Å². The molecule has 0 aliphatic carbocycles. The van der Waals surface area contributed by atoms with E-state index in [4.69, 9.17) is 0 Å². The Labute approximate surface area is 210 Å². The number of benzene rings is 1. The van der Waals surface area contributed by atoms with E-state index >= 15 is 0 Å². The molecule has 0 saturated carbocycles. The van der Waals surface area contributed by atoms with E-state index < -0.39 is 0 Å². The lowest BCUT2D eigenvalue weighted by Gasteiger charge is -2.28. The van der Waals surface area contributed by atoms with Crippen molar-refractivity contribution in [1.82, 2.24) is 30.0 Å². The minimum Gasteiger partial charge on any atom is -0.396 e. The average molecular weight is 545 g/mol. The van der Waals surface area contributed by atoms with Crippen LogP contribution in [0.25, 0.3) is 10.9 Å². The number of carbonyl (C=O) groups excluding carboxylic acids is 2.